The van der Waals surface area contributed by atoms with Crippen LogP contribution in [-0.4, -0.2) is 9.55 Å². The monoisotopic (exact) mass is 269 g/mol. The van der Waals surface area contributed by atoms with Crippen LogP contribution < -0.4 is 0 Å². The molecule has 20 heavy (non-hydrogen) atoms. The molecule has 0 bridgehead atoms. The molecule has 0 saturated heterocycles. The molecule has 0 saturated carbocycles. The van der Waals surface area contributed by atoms with Gasteiger partial charge in [-0.15, -0.1) is 0 Å². The van der Waals surface area contributed by atoms with Gasteiger partial charge < -0.3 is 4.57 Å². The number of imidazole rings is 1. The molecule has 98 valence electrons. The van der Waals surface area contributed by atoms with E-state index >= 15 is 0 Å². The Morgan fingerprint density at radius 1 is 1.15 bits per heavy atom. The van der Waals surface area contributed by atoms with Crippen LogP contribution in [0.3, 0.4) is 0 Å². The maximum absolute atomic E-state index is 13.8. The fourth-order valence-corrected chi connectivity index (χ4v) is 2.17. The highest BCUT2D eigenvalue weighted by atomic mass is 19.1. The van der Waals surface area contributed by atoms with Crippen molar-refractivity contribution in [3.05, 3.63) is 53.6 Å². The molecular formula is C15H9F2N3. The van der Waals surface area contributed by atoms with Crippen LogP contribution in [0, 0.1) is 23.0 Å². The first-order valence-corrected chi connectivity index (χ1v) is 5.92. The van der Waals surface area contributed by atoms with Crippen molar-refractivity contribution in [2.75, 3.05) is 0 Å². The molecule has 0 amide bonds. The van der Waals surface area contributed by atoms with E-state index in [4.69, 9.17) is 5.26 Å². The number of rotatable bonds is 1. The second-order valence-electron chi connectivity index (χ2n) is 4.43. The number of aryl methyl sites for hydroxylation is 1. The van der Waals surface area contributed by atoms with E-state index in [2.05, 4.69) is 4.98 Å². The smallest absolute Gasteiger partial charge is 0.143 e. The van der Waals surface area contributed by atoms with Crippen molar-refractivity contribution >= 4 is 11.0 Å². The van der Waals surface area contributed by atoms with Crippen molar-refractivity contribution in [1.82, 2.24) is 9.55 Å². The maximum Gasteiger partial charge on any atom is 0.143 e. The number of hydrogen-bond acceptors (Lipinski definition) is 2. The minimum atomic E-state index is -0.663. The molecule has 0 N–H and O–H groups in total. The molecular weight excluding hydrogens is 260 g/mol. The number of hydrogen-bond donors (Lipinski definition) is 0. The highest BCUT2D eigenvalue weighted by molar-refractivity contribution is 5.81. The molecule has 0 fully saturated rings. The van der Waals surface area contributed by atoms with Gasteiger partial charge in [-0.1, -0.05) is 0 Å². The second kappa shape index (κ2) is 4.42. The summed E-state index contributed by atoms with van der Waals surface area (Å²) in [6.07, 6.45) is 0. The zero-order chi connectivity index (χ0) is 14.3. The van der Waals surface area contributed by atoms with Crippen LogP contribution in [0.4, 0.5) is 8.78 Å². The van der Waals surface area contributed by atoms with Crippen molar-refractivity contribution in [3.63, 3.8) is 0 Å². The van der Waals surface area contributed by atoms with Crippen molar-refractivity contribution in [2.24, 2.45) is 7.05 Å². The Balaban J connectivity index is 2.27. The van der Waals surface area contributed by atoms with E-state index < -0.39 is 11.6 Å². The Kier molecular flexibility index (Phi) is 2.72. The SMILES string of the molecule is Cn1c(-c2ccc(F)cc2F)nc2ccc(C#N)cc21. The topological polar surface area (TPSA) is 41.6 Å². The Bertz CT molecular complexity index is 859. The van der Waals surface area contributed by atoms with E-state index in [9.17, 15) is 8.78 Å². The van der Waals surface area contributed by atoms with E-state index in [1.807, 2.05) is 6.07 Å². The molecule has 1 heterocycles. The Morgan fingerprint density at radius 3 is 2.65 bits per heavy atom. The number of benzene rings is 2. The lowest BCUT2D eigenvalue weighted by atomic mass is 10.2. The van der Waals surface area contributed by atoms with Crippen LogP contribution in [0.2, 0.25) is 0 Å². The molecule has 0 aliphatic heterocycles. The van der Waals surface area contributed by atoms with Gasteiger partial charge in [0.25, 0.3) is 0 Å². The summed E-state index contributed by atoms with van der Waals surface area (Å²) in [7, 11) is 1.73. The van der Waals surface area contributed by atoms with Crippen molar-refractivity contribution in [1.29, 1.82) is 5.26 Å². The van der Waals surface area contributed by atoms with Gasteiger partial charge in [0.2, 0.25) is 0 Å². The van der Waals surface area contributed by atoms with Gasteiger partial charge in [-0.3, -0.25) is 0 Å². The van der Waals surface area contributed by atoms with Gasteiger partial charge in [0.15, 0.2) is 0 Å². The van der Waals surface area contributed by atoms with E-state index in [-0.39, 0.29) is 5.56 Å². The Morgan fingerprint density at radius 2 is 1.95 bits per heavy atom. The lowest BCUT2D eigenvalue weighted by molar-refractivity contribution is 0.584. The maximum atomic E-state index is 13.8. The third-order valence-corrected chi connectivity index (χ3v) is 3.18. The molecule has 0 atom stereocenters. The summed E-state index contributed by atoms with van der Waals surface area (Å²) >= 11 is 0. The fourth-order valence-electron chi connectivity index (χ4n) is 2.17. The molecule has 1 aromatic heterocycles. The number of nitriles is 1. The fraction of sp³-hybridized carbons (Fsp3) is 0.0667. The van der Waals surface area contributed by atoms with Gasteiger partial charge in [-0.2, -0.15) is 5.26 Å². The molecule has 0 aliphatic rings. The van der Waals surface area contributed by atoms with E-state index in [0.717, 1.165) is 11.6 Å². The summed E-state index contributed by atoms with van der Waals surface area (Å²) in [6, 6.07) is 10.5. The minimum Gasteiger partial charge on any atom is -0.327 e. The predicted molar refractivity (Wildman–Crippen MR) is 70.8 cm³/mol. The summed E-state index contributed by atoms with van der Waals surface area (Å²) < 4.78 is 28.5. The van der Waals surface area contributed by atoms with Crippen molar-refractivity contribution in [3.8, 4) is 17.5 Å². The Hall–Kier alpha value is -2.74. The van der Waals surface area contributed by atoms with Gasteiger partial charge in [-0.25, -0.2) is 13.8 Å². The molecule has 3 rings (SSSR count). The zero-order valence-electron chi connectivity index (χ0n) is 10.6. The number of fused-ring (bicyclic) bond motifs is 1. The summed E-state index contributed by atoms with van der Waals surface area (Å²) in [5.41, 5.74) is 2.11. The predicted octanol–water partition coefficient (Wildman–Crippen LogP) is 3.39. The van der Waals surface area contributed by atoms with Crippen LogP contribution in [-0.2, 0) is 7.05 Å². The van der Waals surface area contributed by atoms with Crippen LogP contribution in [0.1, 0.15) is 5.56 Å². The molecule has 5 heteroatoms. The summed E-state index contributed by atoms with van der Waals surface area (Å²) in [4.78, 5) is 4.34. The number of aromatic nitrogens is 2. The van der Waals surface area contributed by atoms with Gasteiger partial charge in [-0.05, 0) is 30.3 Å². The van der Waals surface area contributed by atoms with E-state index in [1.165, 1.54) is 12.1 Å². The normalized spacial score (nSPS) is 10.7. The molecule has 3 nitrogen and oxygen atoms in total. The molecule has 3 aromatic rings. The van der Waals surface area contributed by atoms with Gasteiger partial charge >= 0.3 is 0 Å². The van der Waals surface area contributed by atoms with Gasteiger partial charge in [0.1, 0.15) is 17.5 Å². The third-order valence-electron chi connectivity index (χ3n) is 3.18. The number of nitrogens with zero attached hydrogens (tertiary/aromatic N) is 3. The number of halogens is 2. The molecule has 0 spiro atoms. The van der Waals surface area contributed by atoms with Crippen molar-refractivity contribution in [2.45, 2.75) is 0 Å². The highest BCUT2D eigenvalue weighted by Gasteiger charge is 2.14. The van der Waals surface area contributed by atoms with Crippen LogP contribution in [0.25, 0.3) is 22.4 Å². The molecule has 2 aromatic carbocycles. The lowest BCUT2D eigenvalue weighted by Gasteiger charge is -2.04. The van der Waals surface area contributed by atoms with Crippen LogP contribution in [0.5, 0.6) is 0 Å². The summed E-state index contributed by atoms with van der Waals surface area (Å²) in [5.74, 6) is -0.895. The first-order valence-electron chi connectivity index (χ1n) is 5.92. The zero-order valence-corrected chi connectivity index (χ0v) is 10.6. The first-order chi connectivity index (χ1) is 9.60. The molecule has 0 unspecified atom stereocenters. The third kappa shape index (κ3) is 1.82. The highest BCUT2D eigenvalue weighted by Crippen LogP contribution is 2.26. The second-order valence-corrected chi connectivity index (χ2v) is 4.43. The summed E-state index contributed by atoms with van der Waals surface area (Å²) in [5, 5.41) is 8.91. The van der Waals surface area contributed by atoms with E-state index in [0.29, 0.717) is 16.9 Å². The molecule has 0 aliphatic carbocycles. The van der Waals surface area contributed by atoms with Crippen LogP contribution >= 0.6 is 0 Å². The average molecular weight is 269 g/mol. The Labute approximate surface area is 113 Å². The lowest BCUT2D eigenvalue weighted by Crippen LogP contribution is -1.95. The van der Waals surface area contributed by atoms with Gasteiger partial charge in [0, 0.05) is 13.1 Å². The first kappa shape index (κ1) is 12.3. The average Bonchev–Trinajstić information content (AvgIpc) is 2.76. The molecule has 0 radical (unpaired) electrons. The summed E-state index contributed by atoms with van der Waals surface area (Å²) in [6.45, 7) is 0. The van der Waals surface area contributed by atoms with E-state index in [1.54, 1.807) is 29.8 Å². The van der Waals surface area contributed by atoms with Crippen LogP contribution in [0.15, 0.2) is 36.4 Å². The van der Waals surface area contributed by atoms with Crippen molar-refractivity contribution < 1.29 is 8.78 Å². The minimum absolute atomic E-state index is 0.226. The standard InChI is InChI=1S/C15H9F2N3/c1-20-14-6-9(8-18)2-5-13(14)19-15(20)11-4-3-10(16)7-12(11)17/h2-7H,1H3. The van der Waals surface area contributed by atoms with Gasteiger partial charge in [0.05, 0.1) is 28.2 Å². The quantitative estimate of drug-likeness (QED) is 0.679. The largest absolute Gasteiger partial charge is 0.327 e.